The average molecular weight is 779 g/mol. The van der Waals surface area contributed by atoms with E-state index in [9.17, 15) is 8.78 Å². The molecule has 0 radical (unpaired) electrons. The normalized spacial score (nSPS) is 11.2. The molecule has 0 aliphatic heterocycles. The fourth-order valence-electron chi connectivity index (χ4n) is 7.37. The number of rotatable bonds is 8. The first-order valence-electron chi connectivity index (χ1n) is 19.4. The number of nitrogens with zero attached hydrogens (tertiary/aromatic N) is 6. The molecule has 0 saturated carbocycles. The van der Waals surface area contributed by atoms with Crippen molar-refractivity contribution in [1.82, 2.24) is 29.9 Å². The summed E-state index contributed by atoms with van der Waals surface area (Å²) in [7, 11) is 0. The van der Waals surface area contributed by atoms with E-state index in [1.165, 1.54) is 24.3 Å². The van der Waals surface area contributed by atoms with Crippen LogP contribution in [0.3, 0.4) is 0 Å². The Morgan fingerprint density at radius 1 is 0.250 bits per heavy atom. The highest BCUT2D eigenvalue weighted by Crippen LogP contribution is 2.39. The predicted molar refractivity (Wildman–Crippen MR) is 234 cm³/mol. The smallest absolute Gasteiger partial charge is 0.164 e. The zero-order valence-electron chi connectivity index (χ0n) is 31.9. The summed E-state index contributed by atoms with van der Waals surface area (Å²) in [5.41, 5.74) is 8.75. The maximum Gasteiger partial charge on any atom is 0.164 e. The number of aromatic nitrogens is 6. The molecule has 2 heterocycles. The number of fused-ring (bicyclic) bond motifs is 1. The Balaban J connectivity index is 1.08. The van der Waals surface area contributed by atoms with Gasteiger partial charge in [0.2, 0.25) is 0 Å². The zero-order valence-corrected chi connectivity index (χ0v) is 31.9. The quantitative estimate of drug-likeness (QED) is 0.153. The van der Waals surface area contributed by atoms with Crippen LogP contribution in [0.1, 0.15) is 0 Å². The van der Waals surface area contributed by atoms with Gasteiger partial charge in [0.25, 0.3) is 0 Å². The highest BCUT2D eigenvalue weighted by Gasteiger charge is 2.17. The SMILES string of the molecule is Fc1ccc(-c2nc(-c3ccccc3)nc(-c3cccc(-c4cccc5cccc(-c6cccc(-c7nc(-c8ccccc8)nc(-c8ccc(F)cc8)n7)c6)c45)c3)n2)cc1. The van der Waals surface area contributed by atoms with E-state index >= 15 is 0 Å². The van der Waals surface area contributed by atoms with Crippen LogP contribution in [0.15, 0.2) is 194 Å². The van der Waals surface area contributed by atoms with Gasteiger partial charge in [-0.3, -0.25) is 0 Å². The molecule has 10 aromatic rings. The maximum atomic E-state index is 13.9. The monoisotopic (exact) mass is 778 g/mol. The lowest BCUT2D eigenvalue weighted by molar-refractivity contribution is 0.627. The van der Waals surface area contributed by atoms with E-state index in [0.29, 0.717) is 46.1 Å². The lowest BCUT2D eigenvalue weighted by Crippen LogP contribution is -2.00. The second-order valence-corrected chi connectivity index (χ2v) is 14.2. The van der Waals surface area contributed by atoms with E-state index < -0.39 is 0 Å². The van der Waals surface area contributed by atoms with Gasteiger partial charge in [0.05, 0.1) is 0 Å². The molecule has 0 N–H and O–H groups in total. The molecule has 2 aromatic heterocycles. The van der Waals surface area contributed by atoms with E-state index in [0.717, 1.165) is 55.3 Å². The van der Waals surface area contributed by atoms with E-state index in [-0.39, 0.29) is 11.6 Å². The summed E-state index contributed by atoms with van der Waals surface area (Å²) in [5, 5.41) is 2.16. The van der Waals surface area contributed by atoms with Crippen LogP contribution in [0.4, 0.5) is 8.78 Å². The van der Waals surface area contributed by atoms with E-state index in [2.05, 4.69) is 60.7 Å². The summed E-state index contributed by atoms with van der Waals surface area (Å²) in [6.45, 7) is 0. The van der Waals surface area contributed by atoms with E-state index in [4.69, 9.17) is 29.9 Å². The Labute approximate surface area is 344 Å². The molecule has 10 rings (SSSR count). The summed E-state index contributed by atoms with van der Waals surface area (Å²) in [6.07, 6.45) is 0. The first-order valence-corrected chi connectivity index (χ1v) is 19.4. The van der Waals surface area contributed by atoms with Gasteiger partial charge in [-0.25, -0.2) is 38.7 Å². The fourth-order valence-corrected chi connectivity index (χ4v) is 7.37. The molecule has 0 amide bonds. The summed E-state index contributed by atoms with van der Waals surface area (Å²) in [5.74, 6) is 2.31. The molecule has 8 aromatic carbocycles. The van der Waals surface area contributed by atoms with Gasteiger partial charge in [-0.1, -0.05) is 133 Å². The fraction of sp³-hybridized carbons (Fsp3) is 0. The molecule has 0 bridgehead atoms. The van der Waals surface area contributed by atoms with Crippen molar-refractivity contribution in [2.45, 2.75) is 0 Å². The van der Waals surface area contributed by atoms with Crippen LogP contribution in [-0.4, -0.2) is 29.9 Å². The van der Waals surface area contributed by atoms with Crippen LogP contribution in [0.5, 0.6) is 0 Å². The van der Waals surface area contributed by atoms with E-state index in [1.807, 2.05) is 84.9 Å². The molecule has 0 saturated heterocycles. The first kappa shape index (κ1) is 36.3. The van der Waals surface area contributed by atoms with Crippen molar-refractivity contribution < 1.29 is 8.78 Å². The molecular weight excluding hydrogens is 747 g/mol. The lowest BCUT2D eigenvalue weighted by atomic mass is 9.90. The molecule has 8 heteroatoms. The molecule has 284 valence electrons. The Hall–Kier alpha value is -8.10. The van der Waals surface area contributed by atoms with Crippen molar-refractivity contribution in [2.24, 2.45) is 0 Å². The first-order chi connectivity index (χ1) is 29.5. The molecule has 6 nitrogen and oxygen atoms in total. The number of hydrogen-bond acceptors (Lipinski definition) is 6. The third-order valence-electron chi connectivity index (χ3n) is 10.3. The van der Waals surface area contributed by atoms with Gasteiger partial charge in [-0.2, -0.15) is 0 Å². The maximum absolute atomic E-state index is 13.9. The minimum absolute atomic E-state index is 0.330. The number of halogens is 2. The molecule has 0 aliphatic carbocycles. The highest BCUT2D eigenvalue weighted by atomic mass is 19.1. The van der Waals surface area contributed by atoms with Crippen molar-refractivity contribution >= 4 is 10.8 Å². The van der Waals surface area contributed by atoms with Gasteiger partial charge in [0.15, 0.2) is 34.9 Å². The van der Waals surface area contributed by atoms with Crippen molar-refractivity contribution in [3.8, 4) is 90.6 Å². The van der Waals surface area contributed by atoms with Crippen LogP contribution in [0.2, 0.25) is 0 Å². The van der Waals surface area contributed by atoms with Crippen molar-refractivity contribution in [1.29, 1.82) is 0 Å². The molecule has 0 spiro atoms. The lowest BCUT2D eigenvalue weighted by Gasteiger charge is -2.15. The molecule has 0 aliphatic rings. The van der Waals surface area contributed by atoms with Gasteiger partial charge in [-0.15, -0.1) is 0 Å². The number of benzene rings is 8. The third kappa shape index (κ3) is 7.29. The van der Waals surface area contributed by atoms with Gasteiger partial charge in [-0.05, 0) is 93.7 Å². The predicted octanol–water partition coefficient (Wildman–Crippen LogP) is 12.8. The van der Waals surface area contributed by atoms with Crippen molar-refractivity contribution in [2.75, 3.05) is 0 Å². The highest BCUT2D eigenvalue weighted by molar-refractivity contribution is 6.07. The molecule has 0 unspecified atom stereocenters. The topological polar surface area (TPSA) is 77.3 Å². The second-order valence-electron chi connectivity index (χ2n) is 14.2. The van der Waals surface area contributed by atoms with Crippen molar-refractivity contribution in [3.63, 3.8) is 0 Å². The largest absolute Gasteiger partial charge is 0.208 e. The third-order valence-corrected chi connectivity index (χ3v) is 10.3. The molecule has 0 atom stereocenters. The van der Waals surface area contributed by atoms with Gasteiger partial charge in [0.1, 0.15) is 11.6 Å². The standard InChI is InChI=1S/C52H32F2N6/c53-42-27-23-36(24-28-42)49-55-47(34-11-3-1-4-12-34)57-51(59-49)40-19-7-17-38(31-40)44-21-9-15-33-16-10-22-45(46(33)44)39-18-8-20-41(32-39)52-58-48(35-13-5-2-6-14-35)56-50(60-52)37-25-29-43(54)30-26-37/h1-32H. The molecule has 0 fully saturated rings. The minimum Gasteiger partial charge on any atom is -0.208 e. The Kier molecular flexibility index (Phi) is 9.48. The minimum atomic E-state index is -0.330. The van der Waals surface area contributed by atoms with Crippen LogP contribution in [-0.2, 0) is 0 Å². The second kappa shape index (κ2) is 15.7. The van der Waals surface area contributed by atoms with Gasteiger partial charge >= 0.3 is 0 Å². The zero-order chi connectivity index (χ0) is 40.4. The Morgan fingerprint density at radius 2 is 0.550 bits per heavy atom. The summed E-state index contributed by atoms with van der Waals surface area (Å²) >= 11 is 0. The average Bonchev–Trinajstić information content (AvgIpc) is 3.32. The van der Waals surface area contributed by atoms with Crippen LogP contribution in [0, 0.1) is 11.6 Å². The Bertz CT molecular complexity index is 2950. The Morgan fingerprint density at radius 3 is 0.933 bits per heavy atom. The molecular formula is C52H32F2N6. The van der Waals surface area contributed by atoms with Gasteiger partial charge < -0.3 is 0 Å². The van der Waals surface area contributed by atoms with Crippen LogP contribution >= 0.6 is 0 Å². The van der Waals surface area contributed by atoms with Crippen LogP contribution < -0.4 is 0 Å². The van der Waals surface area contributed by atoms with Crippen molar-refractivity contribution in [3.05, 3.63) is 206 Å². The number of hydrogen-bond donors (Lipinski definition) is 0. The summed E-state index contributed by atoms with van der Waals surface area (Å²) < 4.78 is 27.9. The summed E-state index contributed by atoms with van der Waals surface area (Å²) in [6, 6.07) is 61.0. The molecule has 60 heavy (non-hydrogen) atoms. The van der Waals surface area contributed by atoms with Crippen LogP contribution in [0.25, 0.3) is 101 Å². The van der Waals surface area contributed by atoms with Gasteiger partial charge in [0, 0.05) is 33.4 Å². The summed E-state index contributed by atoms with van der Waals surface area (Å²) in [4.78, 5) is 29.3. The van der Waals surface area contributed by atoms with E-state index in [1.54, 1.807) is 24.3 Å².